The van der Waals surface area contributed by atoms with E-state index >= 15 is 0 Å². The van der Waals surface area contributed by atoms with Gasteiger partial charge in [0.05, 0.1) is 0 Å². The van der Waals surface area contributed by atoms with Crippen LogP contribution in [0.1, 0.15) is 32.6 Å². The van der Waals surface area contributed by atoms with Crippen molar-refractivity contribution >= 4 is 5.91 Å². The van der Waals surface area contributed by atoms with Crippen LogP contribution in [0.15, 0.2) is 35.1 Å². The highest BCUT2D eigenvalue weighted by molar-refractivity contribution is 5.80. The normalized spacial score (nSPS) is 25.8. The standard InChI is InChI=1S/C12H15NO/c1-9-4-2-3-5-10-6-7-12(14)13-11(10)8-9/h2-3,8H,4-7H2,1H3,(H,13,14)/b3-2?,9-8-. The Balaban J connectivity index is 2.33. The maximum absolute atomic E-state index is 11.2. The first-order valence-electron chi connectivity index (χ1n) is 5.10. The number of hydrogen-bond acceptors (Lipinski definition) is 1. The number of amides is 1. The highest BCUT2D eigenvalue weighted by Crippen LogP contribution is 2.23. The molecule has 14 heavy (non-hydrogen) atoms. The highest BCUT2D eigenvalue weighted by atomic mass is 16.1. The van der Waals surface area contributed by atoms with Gasteiger partial charge in [-0.3, -0.25) is 4.79 Å². The smallest absolute Gasteiger partial charge is 0.224 e. The summed E-state index contributed by atoms with van der Waals surface area (Å²) in [6.45, 7) is 2.10. The first-order chi connectivity index (χ1) is 6.75. The summed E-state index contributed by atoms with van der Waals surface area (Å²) in [5, 5.41) is 2.95. The molecule has 0 saturated carbocycles. The third-order valence-corrected chi connectivity index (χ3v) is 2.67. The number of rotatable bonds is 0. The number of allylic oxidation sites excluding steroid dienone is 5. The van der Waals surface area contributed by atoms with Crippen LogP contribution in [0.3, 0.4) is 0 Å². The summed E-state index contributed by atoms with van der Waals surface area (Å²) in [7, 11) is 0. The Labute approximate surface area is 84.4 Å². The molecule has 2 heteroatoms. The SMILES string of the molecule is C/C1=C/C2=C(CC=CC1)CCC(=O)N2. The van der Waals surface area contributed by atoms with Crippen molar-refractivity contribution < 1.29 is 4.79 Å². The number of nitrogens with one attached hydrogen (secondary N) is 1. The van der Waals surface area contributed by atoms with Crippen LogP contribution in [0.25, 0.3) is 0 Å². The summed E-state index contributed by atoms with van der Waals surface area (Å²) in [6.07, 6.45) is 10.0. The molecule has 1 aliphatic heterocycles. The van der Waals surface area contributed by atoms with Crippen LogP contribution in [0.2, 0.25) is 0 Å². The van der Waals surface area contributed by atoms with E-state index in [1.807, 2.05) is 0 Å². The van der Waals surface area contributed by atoms with Crippen LogP contribution in [-0.2, 0) is 4.79 Å². The van der Waals surface area contributed by atoms with Gasteiger partial charge < -0.3 is 5.32 Å². The van der Waals surface area contributed by atoms with E-state index in [2.05, 4.69) is 30.5 Å². The minimum atomic E-state index is 0.150. The second-order valence-corrected chi connectivity index (χ2v) is 3.94. The minimum Gasteiger partial charge on any atom is -0.326 e. The summed E-state index contributed by atoms with van der Waals surface area (Å²) in [6, 6.07) is 0. The Morgan fingerprint density at radius 3 is 2.86 bits per heavy atom. The summed E-state index contributed by atoms with van der Waals surface area (Å²) >= 11 is 0. The molecule has 1 N–H and O–H groups in total. The molecular formula is C12H15NO. The Morgan fingerprint density at radius 1 is 1.21 bits per heavy atom. The van der Waals surface area contributed by atoms with Crippen molar-refractivity contribution in [3.05, 3.63) is 35.1 Å². The first kappa shape index (κ1) is 9.25. The Kier molecular flexibility index (Phi) is 2.53. The predicted octanol–water partition coefficient (Wildman–Crippen LogP) is 2.45. The van der Waals surface area contributed by atoms with Gasteiger partial charge in [-0.15, -0.1) is 0 Å². The van der Waals surface area contributed by atoms with Crippen LogP contribution >= 0.6 is 0 Å². The van der Waals surface area contributed by atoms with Crippen LogP contribution in [0, 0.1) is 0 Å². The molecule has 0 bridgehead atoms. The zero-order valence-corrected chi connectivity index (χ0v) is 8.47. The summed E-state index contributed by atoms with van der Waals surface area (Å²) in [4.78, 5) is 11.2. The van der Waals surface area contributed by atoms with Crippen LogP contribution in [0.5, 0.6) is 0 Å². The average Bonchev–Trinajstić information content (AvgIpc) is 2.12. The van der Waals surface area contributed by atoms with Crippen LogP contribution in [-0.4, -0.2) is 5.91 Å². The second-order valence-electron chi connectivity index (χ2n) is 3.94. The van der Waals surface area contributed by atoms with E-state index in [4.69, 9.17) is 0 Å². The van der Waals surface area contributed by atoms with E-state index in [0.717, 1.165) is 25.0 Å². The monoisotopic (exact) mass is 189 g/mol. The van der Waals surface area contributed by atoms with E-state index in [9.17, 15) is 4.79 Å². The lowest BCUT2D eigenvalue weighted by atomic mass is 9.96. The second kappa shape index (κ2) is 3.82. The van der Waals surface area contributed by atoms with E-state index < -0.39 is 0 Å². The van der Waals surface area contributed by atoms with Crippen molar-refractivity contribution in [2.75, 3.05) is 0 Å². The van der Waals surface area contributed by atoms with Gasteiger partial charge in [0, 0.05) is 12.1 Å². The van der Waals surface area contributed by atoms with Gasteiger partial charge in [0.1, 0.15) is 0 Å². The zero-order chi connectivity index (χ0) is 9.97. The Hall–Kier alpha value is -1.31. The van der Waals surface area contributed by atoms with Gasteiger partial charge >= 0.3 is 0 Å². The number of hydrogen-bond donors (Lipinski definition) is 1. The topological polar surface area (TPSA) is 29.1 Å². The fraction of sp³-hybridized carbons (Fsp3) is 0.417. The number of carbonyl (C=O) groups is 1. The van der Waals surface area contributed by atoms with E-state index in [1.165, 1.54) is 11.1 Å². The molecule has 0 radical (unpaired) electrons. The fourth-order valence-corrected chi connectivity index (χ4v) is 1.85. The lowest BCUT2D eigenvalue weighted by Gasteiger charge is -2.20. The third-order valence-electron chi connectivity index (χ3n) is 2.67. The average molecular weight is 189 g/mol. The molecule has 0 spiro atoms. The lowest BCUT2D eigenvalue weighted by molar-refractivity contribution is -0.120. The molecule has 0 aromatic carbocycles. The molecule has 0 atom stereocenters. The van der Waals surface area contributed by atoms with E-state index in [0.29, 0.717) is 6.42 Å². The predicted molar refractivity (Wildman–Crippen MR) is 56.5 cm³/mol. The molecule has 1 aliphatic carbocycles. The van der Waals surface area contributed by atoms with E-state index in [-0.39, 0.29) is 5.91 Å². The largest absolute Gasteiger partial charge is 0.326 e. The van der Waals surface area contributed by atoms with Crippen molar-refractivity contribution in [2.45, 2.75) is 32.6 Å². The van der Waals surface area contributed by atoms with Crippen molar-refractivity contribution in [1.82, 2.24) is 5.32 Å². The highest BCUT2D eigenvalue weighted by Gasteiger charge is 2.15. The number of carbonyl (C=O) groups excluding carboxylic acids is 1. The van der Waals surface area contributed by atoms with Gasteiger partial charge in [-0.05, 0) is 37.8 Å². The Morgan fingerprint density at radius 2 is 2.00 bits per heavy atom. The maximum Gasteiger partial charge on any atom is 0.224 e. The molecule has 1 heterocycles. The molecule has 0 aromatic heterocycles. The zero-order valence-electron chi connectivity index (χ0n) is 8.47. The van der Waals surface area contributed by atoms with Gasteiger partial charge in [0.25, 0.3) is 0 Å². The van der Waals surface area contributed by atoms with Gasteiger partial charge in [-0.1, -0.05) is 17.7 Å². The van der Waals surface area contributed by atoms with Gasteiger partial charge in [0.15, 0.2) is 0 Å². The Bertz CT molecular complexity index is 347. The van der Waals surface area contributed by atoms with Crippen molar-refractivity contribution in [3.63, 3.8) is 0 Å². The third kappa shape index (κ3) is 1.95. The molecule has 2 rings (SSSR count). The maximum atomic E-state index is 11.2. The minimum absolute atomic E-state index is 0.150. The lowest BCUT2D eigenvalue weighted by Crippen LogP contribution is -2.27. The van der Waals surface area contributed by atoms with Gasteiger partial charge in [-0.25, -0.2) is 0 Å². The molecule has 2 aliphatic rings. The molecule has 0 unspecified atom stereocenters. The summed E-state index contributed by atoms with van der Waals surface area (Å²) in [5.41, 5.74) is 3.71. The van der Waals surface area contributed by atoms with Crippen LogP contribution in [0.4, 0.5) is 0 Å². The summed E-state index contributed by atoms with van der Waals surface area (Å²) in [5.74, 6) is 0.150. The molecule has 0 aromatic rings. The quantitative estimate of drug-likeness (QED) is 0.583. The van der Waals surface area contributed by atoms with Crippen molar-refractivity contribution in [2.24, 2.45) is 0 Å². The van der Waals surface area contributed by atoms with Crippen molar-refractivity contribution in [1.29, 1.82) is 0 Å². The van der Waals surface area contributed by atoms with Gasteiger partial charge in [-0.2, -0.15) is 0 Å². The van der Waals surface area contributed by atoms with Crippen molar-refractivity contribution in [3.8, 4) is 0 Å². The fourth-order valence-electron chi connectivity index (χ4n) is 1.85. The molecule has 2 nitrogen and oxygen atoms in total. The van der Waals surface area contributed by atoms with E-state index in [1.54, 1.807) is 0 Å². The molecule has 0 saturated heterocycles. The molecule has 74 valence electrons. The van der Waals surface area contributed by atoms with Gasteiger partial charge in [0.2, 0.25) is 5.91 Å². The molecule has 1 amide bonds. The first-order valence-corrected chi connectivity index (χ1v) is 5.10. The molecular weight excluding hydrogens is 174 g/mol. The molecule has 0 fully saturated rings. The summed E-state index contributed by atoms with van der Waals surface area (Å²) < 4.78 is 0. The van der Waals surface area contributed by atoms with Crippen LogP contribution < -0.4 is 5.32 Å².